The Kier molecular flexibility index (Phi) is 2.80. The summed E-state index contributed by atoms with van der Waals surface area (Å²) in [4.78, 5) is 14.8. The summed E-state index contributed by atoms with van der Waals surface area (Å²) in [6, 6.07) is 2.09. The van der Waals surface area contributed by atoms with Gasteiger partial charge in [-0.1, -0.05) is 6.42 Å². The van der Waals surface area contributed by atoms with Gasteiger partial charge in [0.05, 0.1) is 0 Å². The number of aromatic nitrogens is 1. The van der Waals surface area contributed by atoms with E-state index in [0.29, 0.717) is 6.54 Å². The molecule has 3 heteroatoms. The van der Waals surface area contributed by atoms with Crippen LogP contribution in [0.25, 0.3) is 0 Å². The Morgan fingerprint density at radius 1 is 1.53 bits per heavy atom. The molecule has 2 rings (SSSR count). The number of hydrogen-bond donors (Lipinski definition) is 2. The molecule has 1 heterocycles. The fraction of sp³-hybridized carbons (Fsp3) is 0.583. The molecular formula is C12H18N2O. The molecule has 0 spiro atoms. The standard InChI is InChI=1S/C12H18N2O/c1-8-6-11(9(2)14-8)7-13-12(15)10-4-3-5-10/h6,10,14H,3-5,7H2,1-2H3,(H,13,15). The van der Waals surface area contributed by atoms with E-state index in [4.69, 9.17) is 0 Å². The molecule has 1 saturated carbocycles. The minimum atomic E-state index is 0.222. The molecule has 0 bridgehead atoms. The van der Waals surface area contributed by atoms with Crippen molar-refractivity contribution in [2.75, 3.05) is 0 Å². The molecule has 0 unspecified atom stereocenters. The van der Waals surface area contributed by atoms with E-state index in [9.17, 15) is 4.79 Å². The van der Waals surface area contributed by atoms with Crippen LogP contribution in [0.4, 0.5) is 0 Å². The van der Waals surface area contributed by atoms with Gasteiger partial charge in [0.2, 0.25) is 5.91 Å². The minimum absolute atomic E-state index is 0.222. The van der Waals surface area contributed by atoms with Crippen LogP contribution >= 0.6 is 0 Å². The third-order valence-electron chi connectivity index (χ3n) is 3.19. The lowest BCUT2D eigenvalue weighted by molar-refractivity contribution is -0.127. The van der Waals surface area contributed by atoms with Gasteiger partial charge in [-0.15, -0.1) is 0 Å². The quantitative estimate of drug-likeness (QED) is 0.781. The molecule has 82 valence electrons. The van der Waals surface area contributed by atoms with Gasteiger partial charge in [0.15, 0.2) is 0 Å². The van der Waals surface area contributed by atoms with Crippen LogP contribution in [0.1, 0.15) is 36.2 Å². The van der Waals surface area contributed by atoms with Crippen molar-refractivity contribution in [2.45, 2.75) is 39.7 Å². The molecule has 1 fully saturated rings. The van der Waals surface area contributed by atoms with E-state index in [1.165, 1.54) is 12.0 Å². The van der Waals surface area contributed by atoms with E-state index in [2.05, 4.69) is 16.4 Å². The number of rotatable bonds is 3. The number of carbonyl (C=O) groups excluding carboxylic acids is 1. The third-order valence-corrected chi connectivity index (χ3v) is 3.19. The summed E-state index contributed by atoms with van der Waals surface area (Å²) in [5, 5.41) is 3.00. The van der Waals surface area contributed by atoms with Gasteiger partial charge in [-0.05, 0) is 38.3 Å². The maximum atomic E-state index is 11.6. The molecule has 0 aliphatic heterocycles. The first-order valence-corrected chi connectivity index (χ1v) is 5.59. The number of amides is 1. The highest BCUT2D eigenvalue weighted by Gasteiger charge is 2.24. The monoisotopic (exact) mass is 206 g/mol. The maximum absolute atomic E-state index is 11.6. The van der Waals surface area contributed by atoms with Crippen LogP contribution in [0.5, 0.6) is 0 Å². The Balaban J connectivity index is 1.87. The molecule has 1 aliphatic rings. The van der Waals surface area contributed by atoms with Crippen LogP contribution in [-0.2, 0) is 11.3 Å². The van der Waals surface area contributed by atoms with Crippen molar-refractivity contribution in [2.24, 2.45) is 5.92 Å². The summed E-state index contributed by atoms with van der Waals surface area (Å²) in [5.41, 5.74) is 3.50. The van der Waals surface area contributed by atoms with Crippen LogP contribution in [0.15, 0.2) is 6.07 Å². The Bertz CT molecular complexity index is 364. The topological polar surface area (TPSA) is 44.9 Å². The zero-order valence-corrected chi connectivity index (χ0v) is 9.39. The van der Waals surface area contributed by atoms with Crippen molar-refractivity contribution in [1.29, 1.82) is 0 Å². The fourth-order valence-corrected chi connectivity index (χ4v) is 1.96. The minimum Gasteiger partial charge on any atom is -0.362 e. The second-order valence-corrected chi connectivity index (χ2v) is 4.45. The van der Waals surface area contributed by atoms with Crippen LogP contribution in [0, 0.1) is 19.8 Å². The van der Waals surface area contributed by atoms with Crippen molar-refractivity contribution in [3.8, 4) is 0 Å². The molecule has 2 N–H and O–H groups in total. The zero-order valence-electron chi connectivity index (χ0n) is 9.39. The molecule has 1 aromatic heterocycles. The number of nitrogens with one attached hydrogen (secondary N) is 2. The summed E-state index contributed by atoms with van der Waals surface area (Å²) >= 11 is 0. The fourth-order valence-electron chi connectivity index (χ4n) is 1.96. The molecular weight excluding hydrogens is 188 g/mol. The van der Waals surface area contributed by atoms with Crippen LogP contribution in [-0.4, -0.2) is 10.9 Å². The SMILES string of the molecule is Cc1cc(CNC(=O)C2CCC2)c(C)[nH]1. The van der Waals surface area contributed by atoms with E-state index in [1.54, 1.807) is 0 Å². The second kappa shape index (κ2) is 4.09. The summed E-state index contributed by atoms with van der Waals surface area (Å²) in [6.07, 6.45) is 3.34. The van der Waals surface area contributed by atoms with E-state index < -0.39 is 0 Å². The molecule has 0 saturated heterocycles. The van der Waals surface area contributed by atoms with Gasteiger partial charge in [-0.2, -0.15) is 0 Å². The van der Waals surface area contributed by atoms with Gasteiger partial charge in [-0.3, -0.25) is 4.79 Å². The molecule has 0 atom stereocenters. The third kappa shape index (κ3) is 2.22. The maximum Gasteiger partial charge on any atom is 0.223 e. The average molecular weight is 206 g/mol. The van der Waals surface area contributed by atoms with Gasteiger partial charge in [0.1, 0.15) is 0 Å². The summed E-state index contributed by atoms with van der Waals surface area (Å²) in [7, 11) is 0. The van der Waals surface area contributed by atoms with Crippen molar-refractivity contribution >= 4 is 5.91 Å². The lowest BCUT2D eigenvalue weighted by atomic mass is 9.85. The first-order chi connectivity index (χ1) is 7.16. The van der Waals surface area contributed by atoms with Gasteiger partial charge in [0.25, 0.3) is 0 Å². The van der Waals surface area contributed by atoms with Crippen LogP contribution in [0.2, 0.25) is 0 Å². The summed E-state index contributed by atoms with van der Waals surface area (Å²) in [5.74, 6) is 0.504. The number of aryl methyl sites for hydroxylation is 2. The molecule has 1 aliphatic carbocycles. The zero-order chi connectivity index (χ0) is 10.8. The van der Waals surface area contributed by atoms with E-state index in [0.717, 1.165) is 24.2 Å². The van der Waals surface area contributed by atoms with Crippen LogP contribution in [0.3, 0.4) is 0 Å². The molecule has 0 radical (unpaired) electrons. The van der Waals surface area contributed by atoms with E-state index in [1.807, 2.05) is 13.8 Å². The smallest absolute Gasteiger partial charge is 0.223 e. The lowest BCUT2D eigenvalue weighted by Gasteiger charge is -2.23. The molecule has 1 amide bonds. The highest BCUT2D eigenvalue weighted by Crippen LogP contribution is 2.26. The number of carbonyl (C=O) groups is 1. The normalized spacial score (nSPS) is 16.1. The van der Waals surface area contributed by atoms with E-state index >= 15 is 0 Å². The van der Waals surface area contributed by atoms with Crippen molar-refractivity contribution in [3.05, 3.63) is 23.0 Å². The van der Waals surface area contributed by atoms with Gasteiger partial charge in [0, 0.05) is 23.9 Å². The first kappa shape index (κ1) is 10.3. The highest BCUT2D eigenvalue weighted by molar-refractivity contribution is 5.79. The predicted octanol–water partition coefficient (Wildman–Crippen LogP) is 2.05. The van der Waals surface area contributed by atoms with Gasteiger partial charge >= 0.3 is 0 Å². The molecule has 0 aromatic carbocycles. The molecule has 3 nitrogen and oxygen atoms in total. The number of aromatic amines is 1. The summed E-state index contributed by atoms with van der Waals surface area (Å²) in [6.45, 7) is 4.73. The Morgan fingerprint density at radius 3 is 2.73 bits per heavy atom. The Hall–Kier alpha value is -1.25. The van der Waals surface area contributed by atoms with E-state index in [-0.39, 0.29) is 11.8 Å². The molecule has 1 aromatic rings. The molecule has 15 heavy (non-hydrogen) atoms. The van der Waals surface area contributed by atoms with Gasteiger partial charge in [-0.25, -0.2) is 0 Å². The largest absolute Gasteiger partial charge is 0.362 e. The van der Waals surface area contributed by atoms with Gasteiger partial charge < -0.3 is 10.3 Å². The Morgan fingerprint density at radius 2 is 2.27 bits per heavy atom. The lowest BCUT2D eigenvalue weighted by Crippen LogP contribution is -2.34. The number of hydrogen-bond acceptors (Lipinski definition) is 1. The van der Waals surface area contributed by atoms with Crippen LogP contribution < -0.4 is 5.32 Å². The Labute approximate surface area is 90.3 Å². The predicted molar refractivity (Wildman–Crippen MR) is 59.5 cm³/mol. The van der Waals surface area contributed by atoms with Crippen molar-refractivity contribution in [3.63, 3.8) is 0 Å². The van der Waals surface area contributed by atoms with Crippen molar-refractivity contribution < 1.29 is 4.79 Å². The van der Waals surface area contributed by atoms with Crippen molar-refractivity contribution in [1.82, 2.24) is 10.3 Å². The second-order valence-electron chi connectivity index (χ2n) is 4.45. The average Bonchev–Trinajstić information content (AvgIpc) is 2.38. The summed E-state index contributed by atoms with van der Waals surface area (Å²) < 4.78 is 0. The highest BCUT2D eigenvalue weighted by atomic mass is 16.1. The first-order valence-electron chi connectivity index (χ1n) is 5.59. The number of H-pyrrole nitrogens is 1.